The van der Waals surface area contributed by atoms with E-state index >= 15 is 0 Å². The Morgan fingerprint density at radius 3 is 2.67 bits per heavy atom. The van der Waals surface area contributed by atoms with Crippen LogP contribution in [-0.4, -0.2) is 28.0 Å². The van der Waals surface area contributed by atoms with Gasteiger partial charge in [0, 0.05) is 12.2 Å². The van der Waals surface area contributed by atoms with E-state index in [1.807, 2.05) is 6.92 Å². The molecule has 6 heteroatoms. The quantitative estimate of drug-likeness (QED) is 0.526. The van der Waals surface area contributed by atoms with Crippen LogP contribution >= 0.6 is 0 Å². The van der Waals surface area contributed by atoms with Gasteiger partial charge < -0.3 is 21.8 Å². The highest BCUT2D eigenvalue weighted by Gasteiger charge is 2.20. The van der Waals surface area contributed by atoms with E-state index in [2.05, 4.69) is 15.3 Å². The molecule has 1 heterocycles. The molecule has 0 saturated carbocycles. The average molecular weight is 211 g/mol. The zero-order valence-electron chi connectivity index (χ0n) is 8.90. The summed E-state index contributed by atoms with van der Waals surface area (Å²) in [4.78, 5) is 18.4. The van der Waals surface area contributed by atoms with Crippen LogP contribution in [0.3, 0.4) is 0 Å². The Hall–Kier alpha value is -1.40. The van der Waals surface area contributed by atoms with Crippen molar-refractivity contribution < 1.29 is 4.79 Å². The van der Waals surface area contributed by atoms with E-state index in [9.17, 15) is 4.79 Å². The Bertz CT molecular complexity index is 308. The van der Waals surface area contributed by atoms with E-state index < -0.39 is 6.04 Å². The molecule has 0 radical (unpaired) electrons. The molecule has 3 atom stereocenters. The number of carbonyl (C=O) groups excluding carboxylic acids is 1. The molecule has 6 nitrogen and oxygen atoms in total. The minimum absolute atomic E-state index is 0.173. The lowest BCUT2D eigenvalue weighted by molar-refractivity contribution is -0.123. The summed E-state index contributed by atoms with van der Waals surface area (Å²) in [5.41, 5.74) is 11.9. The molecule has 84 valence electrons. The van der Waals surface area contributed by atoms with Crippen molar-refractivity contribution in [3.8, 4) is 0 Å². The summed E-state index contributed by atoms with van der Waals surface area (Å²) in [6.07, 6.45) is 3.28. The number of carbonyl (C=O) groups is 1. The number of aromatic amines is 1. The third-order valence-electron chi connectivity index (χ3n) is 2.19. The van der Waals surface area contributed by atoms with E-state index in [4.69, 9.17) is 11.5 Å². The van der Waals surface area contributed by atoms with Gasteiger partial charge in [-0.25, -0.2) is 4.98 Å². The zero-order chi connectivity index (χ0) is 11.4. The van der Waals surface area contributed by atoms with Gasteiger partial charge in [-0.2, -0.15) is 0 Å². The topological polar surface area (TPSA) is 110 Å². The molecule has 1 aromatic heterocycles. The van der Waals surface area contributed by atoms with E-state index in [0.717, 1.165) is 5.69 Å². The molecule has 0 saturated heterocycles. The highest BCUT2D eigenvalue weighted by atomic mass is 16.2. The molecule has 1 amide bonds. The molecular weight excluding hydrogens is 194 g/mol. The smallest absolute Gasteiger partial charge is 0.239 e. The molecule has 0 aliphatic heterocycles. The molecule has 0 spiro atoms. The van der Waals surface area contributed by atoms with Crippen molar-refractivity contribution in [2.24, 2.45) is 11.5 Å². The number of aromatic nitrogens is 2. The van der Waals surface area contributed by atoms with Gasteiger partial charge in [0.05, 0.1) is 24.1 Å². The number of nitrogens with zero attached hydrogens (tertiary/aromatic N) is 1. The number of hydrogen-bond donors (Lipinski definition) is 4. The highest BCUT2D eigenvalue weighted by Crippen LogP contribution is 2.06. The molecule has 0 aliphatic rings. The first-order valence-corrected chi connectivity index (χ1v) is 4.82. The maximum atomic E-state index is 11.5. The van der Waals surface area contributed by atoms with Gasteiger partial charge in [0.25, 0.3) is 0 Å². The molecule has 6 N–H and O–H groups in total. The number of hydrogen-bond acceptors (Lipinski definition) is 4. The van der Waals surface area contributed by atoms with Crippen molar-refractivity contribution in [1.29, 1.82) is 0 Å². The molecule has 0 aliphatic carbocycles. The van der Waals surface area contributed by atoms with Gasteiger partial charge in [0.1, 0.15) is 0 Å². The number of nitrogens with two attached hydrogens (primary N) is 2. The van der Waals surface area contributed by atoms with Crippen LogP contribution in [0, 0.1) is 0 Å². The number of imidazole rings is 1. The number of rotatable bonds is 4. The molecular formula is C9H17N5O. The summed E-state index contributed by atoms with van der Waals surface area (Å²) in [6.45, 7) is 3.53. The van der Waals surface area contributed by atoms with Crippen molar-refractivity contribution in [2.75, 3.05) is 0 Å². The van der Waals surface area contributed by atoms with Crippen LogP contribution in [0.5, 0.6) is 0 Å². The van der Waals surface area contributed by atoms with E-state index in [1.165, 1.54) is 0 Å². The van der Waals surface area contributed by atoms with Gasteiger partial charge >= 0.3 is 0 Å². The van der Waals surface area contributed by atoms with Crippen LogP contribution in [0.4, 0.5) is 0 Å². The van der Waals surface area contributed by atoms with Crippen LogP contribution in [0.25, 0.3) is 0 Å². The van der Waals surface area contributed by atoms with Gasteiger partial charge in [-0.05, 0) is 13.8 Å². The van der Waals surface area contributed by atoms with Crippen molar-refractivity contribution in [1.82, 2.24) is 15.3 Å². The molecule has 15 heavy (non-hydrogen) atoms. The fourth-order valence-electron chi connectivity index (χ4n) is 1.13. The molecule has 0 bridgehead atoms. The Morgan fingerprint density at radius 2 is 2.20 bits per heavy atom. The van der Waals surface area contributed by atoms with E-state index in [0.29, 0.717) is 0 Å². The van der Waals surface area contributed by atoms with Crippen LogP contribution < -0.4 is 16.8 Å². The Kier molecular flexibility index (Phi) is 3.81. The normalized spacial score (nSPS) is 16.8. The van der Waals surface area contributed by atoms with Gasteiger partial charge in [-0.15, -0.1) is 0 Å². The van der Waals surface area contributed by atoms with Crippen molar-refractivity contribution in [3.63, 3.8) is 0 Å². The van der Waals surface area contributed by atoms with Gasteiger partial charge in [-0.1, -0.05) is 0 Å². The molecule has 0 aromatic carbocycles. The van der Waals surface area contributed by atoms with E-state index in [1.54, 1.807) is 19.4 Å². The van der Waals surface area contributed by atoms with Crippen LogP contribution in [0.15, 0.2) is 12.5 Å². The summed E-state index contributed by atoms with van der Waals surface area (Å²) in [6, 6.07) is -1.23. The fraction of sp³-hybridized carbons (Fsp3) is 0.556. The standard InChI is InChI=1S/C9H17N5O/c1-5(10)8(11)9(15)14-6(2)7-3-12-4-13-7/h3-6,8H,10-11H2,1-2H3,(H,12,13)(H,14,15). The second-order valence-electron chi connectivity index (χ2n) is 3.61. The number of amides is 1. The molecule has 1 aromatic rings. The second kappa shape index (κ2) is 4.90. The fourth-order valence-corrected chi connectivity index (χ4v) is 1.13. The Balaban J connectivity index is 2.52. The first kappa shape index (κ1) is 11.7. The number of nitrogens with one attached hydrogen (secondary N) is 2. The summed E-state index contributed by atoms with van der Waals surface area (Å²) in [5, 5.41) is 2.74. The SMILES string of the molecule is CC(NC(=O)C(N)C(C)N)c1c[nH]cn1. The molecule has 3 unspecified atom stereocenters. The first-order valence-electron chi connectivity index (χ1n) is 4.82. The molecule has 1 rings (SSSR count). The summed E-state index contributed by atoms with van der Waals surface area (Å²) in [5.74, 6) is -0.263. The minimum atomic E-state index is -0.689. The maximum absolute atomic E-state index is 11.5. The van der Waals surface area contributed by atoms with Gasteiger partial charge in [0.15, 0.2) is 0 Å². The lowest BCUT2D eigenvalue weighted by Gasteiger charge is -2.18. The zero-order valence-corrected chi connectivity index (χ0v) is 8.90. The third kappa shape index (κ3) is 3.03. The summed E-state index contributed by atoms with van der Waals surface area (Å²) >= 11 is 0. The first-order chi connectivity index (χ1) is 7.02. The maximum Gasteiger partial charge on any atom is 0.239 e. The Labute approximate surface area is 88.4 Å². The van der Waals surface area contributed by atoms with Crippen molar-refractivity contribution in [3.05, 3.63) is 18.2 Å². The lowest BCUT2D eigenvalue weighted by Crippen LogP contribution is -2.51. The van der Waals surface area contributed by atoms with Gasteiger partial charge in [-0.3, -0.25) is 4.79 Å². The number of H-pyrrole nitrogens is 1. The Morgan fingerprint density at radius 1 is 1.53 bits per heavy atom. The summed E-state index contributed by atoms with van der Waals surface area (Å²) < 4.78 is 0. The second-order valence-corrected chi connectivity index (χ2v) is 3.61. The molecule has 0 fully saturated rings. The lowest BCUT2D eigenvalue weighted by atomic mass is 10.1. The van der Waals surface area contributed by atoms with Gasteiger partial charge in [0.2, 0.25) is 5.91 Å². The predicted molar refractivity (Wildman–Crippen MR) is 56.8 cm³/mol. The van der Waals surface area contributed by atoms with Crippen LogP contribution in [0.2, 0.25) is 0 Å². The van der Waals surface area contributed by atoms with Crippen LogP contribution in [0.1, 0.15) is 25.6 Å². The highest BCUT2D eigenvalue weighted by molar-refractivity contribution is 5.82. The largest absolute Gasteiger partial charge is 0.351 e. The van der Waals surface area contributed by atoms with Crippen molar-refractivity contribution >= 4 is 5.91 Å². The minimum Gasteiger partial charge on any atom is -0.351 e. The van der Waals surface area contributed by atoms with Crippen LogP contribution in [-0.2, 0) is 4.79 Å². The third-order valence-corrected chi connectivity index (χ3v) is 2.19. The van der Waals surface area contributed by atoms with E-state index in [-0.39, 0.29) is 18.0 Å². The van der Waals surface area contributed by atoms with Crippen molar-refractivity contribution in [2.45, 2.75) is 32.0 Å². The summed E-state index contributed by atoms with van der Waals surface area (Å²) in [7, 11) is 0. The predicted octanol–water partition coefficient (Wildman–Crippen LogP) is -0.739. The monoisotopic (exact) mass is 211 g/mol. The average Bonchev–Trinajstić information content (AvgIpc) is 2.68.